The number of likely N-dealkylation sites (tertiary alicyclic amines) is 1. The third-order valence-corrected chi connectivity index (χ3v) is 5.61. The highest BCUT2D eigenvalue weighted by molar-refractivity contribution is 5.94. The molecule has 0 atom stereocenters. The van der Waals surface area contributed by atoms with Crippen molar-refractivity contribution in [3.05, 3.63) is 66.1 Å². The van der Waals surface area contributed by atoms with Gasteiger partial charge in [-0.05, 0) is 63.0 Å². The molecular weight excluding hydrogens is 366 g/mol. The molecule has 2 aromatic heterocycles. The van der Waals surface area contributed by atoms with Crippen molar-refractivity contribution in [2.75, 3.05) is 26.7 Å². The van der Waals surface area contributed by atoms with E-state index in [-0.39, 0.29) is 5.91 Å². The second-order valence-electron chi connectivity index (χ2n) is 7.86. The van der Waals surface area contributed by atoms with Crippen LogP contribution in [0.15, 0.2) is 57.8 Å². The molecule has 152 valence electrons. The fourth-order valence-electron chi connectivity index (χ4n) is 3.94. The quantitative estimate of drug-likeness (QED) is 0.627. The van der Waals surface area contributed by atoms with Crippen molar-refractivity contribution in [1.82, 2.24) is 14.8 Å². The first-order valence-electron chi connectivity index (χ1n) is 10.1. The van der Waals surface area contributed by atoms with Crippen molar-refractivity contribution < 1.29 is 13.6 Å². The van der Waals surface area contributed by atoms with Crippen LogP contribution in [-0.2, 0) is 6.54 Å². The number of piperidine rings is 1. The van der Waals surface area contributed by atoms with Gasteiger partial charge in [-0.2, -0.15) is 0 Å². The maximum absolute atomic E-state index is 12.8. The molecule has 29 heavy (non-hydrogen) atoms. The predicted molar refractivity (Wildman–Crippen MR) is 110 cm³/mol. The summed E-state index contributed by atoms with van der Waals surface area (Å²) in [6.07, 6.45) is 5.27. The molecule has 3 aromatic rings. The number of carbonyl (C=O) groups excluding carboxylic acids is 1. The lowest BCUT2D eigenvalue weighted by Crippen LogP contribution is -2.39. The third kappa shape index (κ3) is 4.77. The fraction of sp³-hybridized carbons (Fsp3) is 0.391. The largest absolute Gasteiger partial charge is 0.465 e. The van der Waals surface area contributed by atoms with Gasteiger partial charge in [-0.25, -0.2) is 4.98 Å². The number of oxazole rings is 1. The average molecular weight is 393 g/mol. The van der Waals surface area contributed by atoms with E-state index < -0.39 is 0 Å². The lowest BCUT2D eigenvalue weighted by atomic mass is 9.96. The molecule has 0 aliphatic carbocycles. The number of benzene rings is 1. The molecule has 1 saturated heterocycles. The zero-order valence-corrected chi connectivity index (χ0v) is 17.0. The van der Waals surface area contributed by atoms with E-state index in [9.17, 15) is 4.79 Å². The van der Waals surface area contributed by atoms with E-state index in [0.29, 0.717) is 17.2 Å². The van der Waals surface area contributed by atoms with Crippen LogP contribution in [0.25, 0.3) is 11.3 Å². The lowest BCUT2D eigenvalue weighted by Gasteiger charge is -2.33. The van der Waals surface area contributed by atoms with Gasteiger partial charge in [0.1, 0.15) is 11.5 Å². The van der Waals surface area contributed by atoms with Gasteiger partial charge in [-0.15, -0.1) is 0 Å². The van der Waals surface area contributed by atoms with E-state index in [1.54, 1.807) is 6.20 Å². The van der Waals surface area contributed by atoms with Gasteiger partial charge >= 0.3 is 0 Å². The van der Waals surface area contributed by atoms with Crippen LogP contribution in [0.1, 0.15) is 34.7 Å². The first-order valence-corrected chi connectivity index (χ1v) is 10.1. The van der Waals surface area contributed by atoms with Crippen LogP contribution in [0.5, 0.6) is 0 Å². The van der Waals surface area contributed by atoms with Gasteiger partial charge in [0.2, 0.25) is 0 Å². The van der Waals surface area contributed by atoms with E-state index in [2.05, 4.69) is 16.0 Å². The molecule has 0 radical (unpaired) electrons. The number of hydrogen-bond donors (Lipinski definition) is 0. The minimum atomic E-state index is 0.0580. The van der Waals surface area contributed by atoms with Crippen LogP contribution in [0.4, 0.5) is 0 Å². The molecule has 6 nitrogen and oxygen atoms in total. The van der Waals surface area contributed by atoms with Crippen molar-refractivity contribution in [1.29, 1.82) is 0 Å². The molecule has 0 bridgehead atoms. The van der Waals surface area contributed by atoms with Gasteiger partial charge in [0.25, 0.3) is 5.91 Å². The molecule has 0 unspecified atom stereocenters. The summed E-state index contributed by atoms with van der Waals surface area (Å²) >= 11 is 0. The molecule has 0 saturated carbocycles. The number of rotatable bonds is 6. The minimum absolute atomic E-state index is 0.0580. The number of furan rings is 1. The van der Waals surface area contributed by atoms with E-state index in [1.165, 1.54) is 6.39 Å². The summed E-state index contributed by atoms with van der Waals surface area (Å²) < 4.78 is 11.0. The van der Waals surface area contributed by atoms with Crippen molar-refractivity contribution in [3.8, 4) is 11.3 Å². The van der Waals surface area contributed by atoms with E-state index >= 15 is 0 Å². The van der Waals surface area contributed by atoms with Crippen molar-refractivity contribution in [2.24, 2.45) is 5.92 Å². The molecule has 1 fully saturated rings. The highest BCUT2D eigenvalue weighted by atomic mass is 16.3. The smallest absolute Gasteiger partial charge is 0.253 e. The first-order chi connectivity index (χ1) is 14.1. The first kappa shape index (κ1) is 19.5. The number of aryl methyl sites for hydroxylation is 1. The van der Waals surface area contributed by atoms with Gasteiger partial charge in [0.05, 0.1) is 12.7 Å². The summed E-state index contributed by atoms with van der Waals surface area (Å²) in [6, 6.07) is 11.6. The SMILES string of the molecule is Cc1ccc(CN2CCC(CN(C)C(=O)c3ccc(-c4cnco4)cc3)CC2)o1. The van der Waals surface area contributed by atoms with Gasteiger partial charge in [0.15, 0.2) is 12.2 Å². The van der Waals surface area contributed by atoms with Gasteiger partial charge in [-0.3, -0.25) is 9.69 Å². The average Bonchev–Trinajstić information content (AvgIpc) is 3.41. The molecule has 3 heterocycles. The Morgan fingerprint density at radius 3 is 2.55 bits per heavy atom. The number of nitrogens with zero attached hydrogens (tertiary/aromatic N) is 3. The van der Waals surface area contributed by atoms with Crippen molar-refractivity contribution >= 4 is 5.91 Å². The van der Waals surface area contributed by atoms with Crippen LogP contribution < -0.4 is 0 Å². The van der Waals surface area contributed by atoms with E-state index in [1.807, 2.05) is 49.2 Å². The molecule has 1 amide bonds. The topological polar surface area (TPSA) is 62.7 Å². The standard InChI is InChI=1S/C23H27N3O3/c1-17-3-8-21(29-17)15-26-11-9-18(10-12-26)14-25(2)23(27)20-6-4-19(5-7-20)22-13-24-16-28-22/h3-8,13,16,18H,9-12,14-15H2,1-2H3. The summed E-state index contributed by atoms with van der Waals surface area (Å²) in [6.45, 7) is 5.71. The monoisotopic (exact) mass is 393 g/mol. The van der Waals surface area contributed by atoms with Crippen LogP contribution >= 0.6 is 0 Å². The molecule has 4 rings (SSSR count). The Labute approximate surface area is 171 Å². The third-order valence-electron chi connectivity index (χ3n) is 5.61. The Balaban J connectivity index is 1.27. The van der Waals surface area contributed by atoms with Crippen LogP contribution in [0, 0.1) is 12.8 Å². The van der Waals surface area contributed by atoms with Gasteiger partial charge in [0, 0.05) is 24.7 Å². The molecule has 1 aliphatic rings. The fourth-order valence-corrected chi connectivity index (χ4v) is 3.94. The predicted octanol–water partition coefficient (Wildman–Crippen LogP) is 4.23. The summed E-state index contributed by atoms with van der Waals surface area (Å²) in [4.78, 5) is 21.0. The molecule has 0 spiro atoms. The minimum Gasteiger partial charge on any atom is -0.465 e. The Kier molecular flexibility index (Phi) is 5.81. The Bertz CT molecular complexity index is 923. The second-order valence-corrected chi connectivity index (χ2v) is 7.86. The Morgan fingerprint density at radius 2 is 1.93 bits per heavy atom. The summed E-state index contributed by atoms with van der Waals surface area (Å²) in [5.74, 6) is 3.29. The number of aromatic nitrogens is 1. The Hall–Kier alpha value is -2.86. The second kappa shape index (κ2) is 8.66. The van der Waals surface area contributed by atoms with Crippen LogP contribution in [0.3, 0.4) is 0 Å². The summed E-state index contributed by atoms with van der Waals surface area (Å²) in [7, 11) is 1.89. The highest BCUT2D eigenvalue weighted by Crippen LogP contribution is 2.22. The normalized spacial score (nSPS) is 15.5. The molecule has 1 aromatic carbocycles. The van der Waals surface area contributed by atoms with Crippen LogP contribution in [0.2, 0.25) is 0 Å². The van der Waals surface area contributed by atoms with Crippen LogP contribution in [-0.4, -0.2) is 47.4 Å². The lowest BCUT2D eigenvalue weighted by molar-refractivity contribution is 0.0735. The molecular formula is C23H27N3O3. The molecule has 1 aliphatic heterocycles. The summed E-state index contributed by atoms with van der Waals surface area (Å²) in [5.41, 5.74) is 1.61. The van der Waals surface area contributed by atoms with Crippen molar-refractivity contribution in [3.63, 3.8) is 0 Å². The number of carbonyl (C=O) groups is 1. The number of amides is 1. The van der Waals surface area contributed by atoms with E-state index in [4.69, 9.17) is 8.83 Å². The van der Waals surface area contributed by atoms with Crippen molar-refractivity contribution in [2.45, 2.75) is 26.3 Å². The summed E-state index contributed by atoms with van der Waals surface area (Å²) in [5, 5.41) is 0. The Morgan fingerprint density at radius 1 is 1.17 bits per heavy atom. The highest BCUT2D eigenvalue weighted by Gasteiger charge is 2.23. The van der Waals surface area contributed by atoms with Gasteiger partial charge in [-0.1, -0.05) is 12.1 Å². The zero-order chi connectivity index (χ0) is 20.2. The number of hydrogen-bond acceptors (Lipinski definition) is 5. The molecule has 6 heteroatoms. The zero-order valence-electron chi connectivity index (χ0n) is 17.0. The van der Waals surface area contributed by atoms with Gasteiger partial charge < -0.3 is 13.7 Å². The van der Waals surface area contributed by atoms with E-state index in [0.717, 1.165) is 56.1 Å². The maximum Gasteiger partial charge on any atom is 0.253 e. The maximum atomic E-state index is 12.8. The molecule has 0 N–H and O–H groups in total.